The molecule has 0 aliphatic rings. The Morgan fingerprint density at radius 2 is 2.33 bits per heavy atom. The van der Waals surface area contributed by atoms with E-state index in [-0.39, 0.29) is 0 Å². The van der Waals surface area contributed by atoms with E-state index in [4.69, 9.17) is 0 Å². The second kappa shape index (κ2) is 4.12. The summed E-state index contributed by atoms with van der Waals surface area (Å²) in [5.41, 5.74) is 1.06. The Kier molecular flexibility index (Phi) is 4.76. The summed E-state index contributed by atoms with van der Waals surface area (Å²) in [6, 6.07) is 0. The Balaban J connectivity index is 2.75. The van der Waals surface area contributed by atoms with Gasteiger partial charge >= 0.3 is 0 Å². The first-order chi connectivity index (χ1) is 2.81. The van der Waals surface area contributed by atoms with Crippen LogP contribution in [0.15, 0.2) is 0 Å². The second-order valence-electron chi connectivity index (χ2n) is 1.67. The van der Waals surface area contributed by atoms with Gasteiger partial charge in [0.1, 0.15) is 0 Å². The zero-order valence-electron chi connectivity index (χ0n) is 4.37. The lowest BCUT2D eigenvalue weighted by atomic mass is 10.4. The lowest BCUT2D eigenvalue weighted by Gasteiger charge is -1.97. The van der Waals surface area contributed by atoms with Gasteiger partial charge in [-0.3, -0.25) is 0 Å². The summed E-state index contributed by atoms with van der Waals surface area (Å²) in [7, 11) is 1.38. The predicted molar refractivity (Wildman–Crippen MR) is 42.9 cm³/mol. The van der Waals surface area contributed by atoms with E-state index in [1.54, 1.807) is 0 Å². The molecule has 0 aromatic rings. The number of halogens is 1. The summed E-state index contributed by atoms with van der Waals surface area (Å²) in [6.07, 6.45) is 1.38. The van der Waals surface area contributed by atoms with Crippen molar-refractivity contribution in [3.63, 3.8) is 0 Å². The highest BCUT2D eigenvalue weighted by molar-refractivity contribution is 14.1. The van der Waals surface area contributed by atoms with Crippen LogP contribution in [0.4, 0.5) is 0 Å². The zero-order chi connectivity index (χ0) is 4.99. The molecule has 0 bridgehead atoms. The van der Waals surface area contributed by atoms with Crippen LogP contribution < -0.4 is 0 Å². The molecular weight excluding hydrogens is 203 g/mol. The molecule has 0 heterocycles. The number of hydrogen-bond donors (Lipinski definition) is 0. The van der Waals surface area contributed by atoms with Gasteiger partial charge in [-0.1, -0.05) is 35.9 Å². The molecule has 0 N–H and O–H groups in total. The van der Waals surface area contributed by atoms with Crippen molar-refractivity contribution in [2.45, 2.75) is 18.9 Å². The fourth-order valence-electron chi connectivity index (χ4n) is 0.109. The summed E-state index contributed by atoms with van der Waals surface area (Å²) in [6.45, 7) is 2.26. The first-order valence-electron chi connectivity index (χ1n) is 2.37. The van der Waals surface area contributed by atoms with Crippen LogP contribution in [0.5, 0.6) is 0 Å². The van der Waals surface area contributed by atoms with E-state index >= 15 is 0 Å². The van der Waals surface area contributed by atoms with Crippen molar-refractivity contribution in [3.8, 4) is 0 Å². The average Bonchev–Trinajstić information content (AvgIpc) is 1.65. The summed E-state index contributed by atoms with van der Waals surface area (Å²) >= 11 is 2.45. The van der Waals surface area contributed by atoms with Crippen molar-refractivity contribution in [2.24, 2.45) is 0 Å². The van der Waals surface area contributed by atoms with Crippen LogP contribution in [-0.4, -0.2) is 14.7 Å². The minimum Gasteiger partial charge on any atom is -0.0864 e. The van der Waals surface area contributed by atoms with Crippen LogP contribution in [0.2, 0.25) is 5.54 Å². The molecular formula is C4H11ISi. The molecule has 1 unspecified atom stereocenters. The molecule has 0 spiro atoms. The Hall–Kier alpha value is 0.947. The Labute approximate surface area is 56.3 Å². The van der Waals surface area contributed by atoms with Gasteiger partial charge in [-0.2, -0.15) is 0 Å². The van der Waals surface area contributed by atoms with Gasteiger partial charge in [0, 0.05) is 10.2 Å². The molecule has 6 heavy (non-hydrogen) atoms. The smallest absolute Gasteiger partial charge is 0.00768 e. The van der Waals surface area contributed by atoms with Gasteiger partial charge in [-0.25, -0.2) is 0 Å². The molecule has 0 amide bonds. The highest BCUT2D eigenvalue weighted by atomic mass is 127. The van der Waals surface area contributed by atoms with Gasteiger partial charge in [-0.15, -0.1) is 0 Å². The first-order valence-corrected chi connectivity index (χ1v) is 5.05. The van der Waals surface area contributed by atoms with E-state index < -0.39 is 0 Å². The summed E-state index contributed by atoms with van der Waals surface area (Å²) in [5, 5.41) is 0. The molecule has 0 aromatic heterocycles. The highest BCUT2D eigenvalue weighted by Gasteiger charge is 1.90. The standard InChI is InChI=1S/C4H11ISi/c1-2-4(6)3-5/h4H,2-3H2,1,6H3. The third-order valence-corrected chi connectivity index (χ3v) is 5.35. The third kappa shape index (κ3) is 3.15. The van der Waals surface area contributed by atoms with E-state index in [2.05, 4.69) is 29.5 Å². The highest BCUT2D eigenvalue weighted by Crippen LogP contribution is 2.06. The van der Waals surface area contributed by atoms with Crippen LogP contribution in [0.25, 0.3) is 0 Å². The molecule has 0 aliphatic heterocycles. The second-order valence-corrected chi connectivity index (χ2v) is 4.18. The summed E-state index contributed by atoms with van der Waals surface area (Å²) < 4.78 is 1.36. The van der Waals surface area contributed by atoms with Gasteiger partial charge in [0.25, 0.3) is 0 Å². The van der Waals surface area contributed by atoms with Crippen LogP contribution in [0.3, 0.4) is 0 Å². The van der Waals surface area contributed by atoms with Crippen molar-refractivity contribution >= 4 is 32.8 Å². The predicted octanol–water partition coefficient (Wildman–Crippen LogP) is 0.985. The van der Waals surface area contributed by atoms with Gasteiger partial charge in [-0.05, 0) is 9.97 Å². The van der Waals surface area contributed by atoms with Crippen LogP contribution >= 0.6 is 22.6 Å². The maximum Gasteiger partial charge on any atom is 0.00768 e. The minimum atomic E-state index is 1.06. The van der Waals surface area contributed by atoms with Crippen molar-refractivity contribution in [1.82, 2.24) is 0 Å². The topological polar surface area (TPSA) is 0 Å². The molecule has 2 heteroatoms. The van der Waals surface area contributed by atoms with E-state index in [1.807, 2.05) is 0 Å². The molecule has 0 radical (unpaired) electrons. The molecule has 0 saturated carbocycles. The van der Waals surface area contributed by atoms with Crippen molar-refractivity contribution < 1.29 is 0 Å². The molecule has 0 saturated heterocycles. The zero-order valence-corrected chi connectivity index (χ0v) is 8.53. The van der Waals surface area contributed by atoms with E-state index in [0.29, 0.717) is 0 Å². The number of alkyl halides is 1. The average molecular weight is 214 g/mol. The van der Waals surface area contributed by atoms with Gasteiger partial charge < -0.3 is 0 Å². The lowest BCUT2D eigenvalue weighted by Crippen LogP contribution is -1.87. The molecule has 1 atom stereocenters. The van der Waals surface area contributed by atoms with Gasteiger partial charge in [0.15, 0.2) is 0 Å². The first kappa shape index (κ1) is 6.95. The van der Waals surface area contributed by atoms with Crippen molar-refractivity contribution in [2.75, 3.05) is 4.43 Å². The third-order valence-electron chi connectivity index (χ3n) is 0.960. The van der Waals surface area contributed by atoms with Crippen LogP contribution in [0.1, 0.15) is 13.3 Å². The SMILES string of the molecule is CCC([SiH3])CI. The largest absolute Gasteiger partial charge is 0.0864 e. The fourth-order valence-corrected chi connectivity index (χ4v) is 0.732. The lowest BCUT2D eigenvalue weighted by molar-refractivity contribution is 0.902. The van der Waals surface area contributed by atoms with Crippen LogP contribution in [0, 0.1) is 0 Å². The molecule has 0 fully saturated rings. The normalized spacial score (nSPS) is 15.0. The minimum absolute atomic E-state index is 1.06. The van der Waals surface area contributed by atoms with E-state index in [1.165, 1.54) is 21.1 Å². The molecule has 0 aliphatic carbocycles. The van der Waals surface area contributed by atoms with E-state index in [0.717, 1.165) is 5.54 Å². The van der Waals surface area contributed by atoms with Gasteiger partial charge in [0.2, 0.25) is 0 Å². The maximum atomic E-state index is 2.45. The van der Waals surface area contributed by atoms with Gasteiger partial charge in [0.05, 0.1) is 0 Å². The summed E-state index contributed by atoms with van der Waals surface area (Å²) in [5.74, 6) is 0. The Morgan fingerprint density at radius 1 is 1.83 bits per heavy atom. The molecule has 0 rings (SSSR count). The van der Waals surface area contributed by atoms with Crippen LogP contribution in [-0.2, 0) is 0 Å². The molecule has 0 aromatic carbocycles. The molecule has 0 nitrogen and oxygen atoms in total. The molecule has 38 valence electrons. The van der Waals surface area contributed by atoms with Crippen molar-refractivity contribution in [3.05, 3.63) is 0 Å². The Bertz CT molecular complexity index is 26.7. The summed E-state index contributed by atoms with van der Waals surface area (Å²) in [4.78, 5) is 0. The van der Waals surface area contributed by atoms with E-state index in [9.17, 15) is 0 Å². The monoisotopic (exact) mass is 214 g/mol. The Morgan fingerprint density at radius 3 is 2.33 bits per heavy atom. The maximum absolute atomic E-state index is 2.45. The number of hydrogen-bond acceptors (Lipinski definition) is 0. The van der Waals surface area contributed by atoms with Crippen molar-refractivity contribution in [1.29, 1.82) is 0 Å². The number of rotatable bonds is 2. The fraction of sp³-hybridized carbons (Fsp3) is 1.00. The quantitative estimate of drug-likeness (QED) is 0.365.